The van der Waals surface area contributed by atoms with E-state index in [1.165, 1.54) is 11.7 Å². The van der Waals surface area contributed by atoms with Crippen molar-refractivity contribution in [2.24, 2.45) is 4.99 Å². The first kappa shape index (κ1) is 32.6. The van der Waals surface area contributed by atoms with Crippen LogP contribution in [0.2, 0.25) is 0 Å². The summed E-state index contributed by atoms with van der Waals surface area (Å²) in [6.45, 7) is 5.69. The number of allylic oxidation sites excluding steroid dienone is 1. The highest BCUT2D eigenvalue weighted by Gasteiger charge is 2.34. The van der Waals surface area contributed by atoms with Gasteiger partial charge in [0.2, 0.25) is 5.75 Å². The number of nitro groups is 2. The minimum atomic E-state index is -0.880. The second-order valence-corrected chi connectivity index (χ2v) is 11.0. The molecule has 15 heteroatoms. The molecular weight excluding hydrogens is 632 g/mol. The van der Waals surface area contributed by atoms with Crippen molar-refractivity contribution in [3.05, 3.63) is 123 Å². The summed E-state index contributed by atoms with van der Waals surface area (Å²) in [6.07, 6.45) is 1.61. The number of aromatic nitrogens is 1. The molecule has 14 nitrogen and oxygen atoms in total. The van der Waals surface area contributed by atoms with Crippen molar-refractivity contribution in [3.8, 4) is 23.0 Å². The quantitative estimate of drug-likeness (QED) is 0.123. The highest BCUT2D eigenvalue weighted by atomic mass is 32.1. The standard InChI is InChI=1S/C32H28N4O10S/c1-5-44-26-16-20(10-12-25(26)43-4)29-28(31(38)45-6-2)18(3)33-32-34(29)30(37)27(47-32)15-19-8-7-9-22(14-19)46-24-13-11-21(35(39)40)17-23(24)36(41)42/h7-17,29H,5-6H2,1-4H3/b27-15+/t29-/m0/s1. The third kappa shape index (κ3) is 6.60. The minimum absolute atomic E-state index is 0.126. The molecule has 47 heavy (non-hydrogen) atoms. The van der Waals surface area contributed by atoms with E-state index in [1.54, 1.807) is 62.4 Å². The number of rotatable bonds is 11. The SMILES string of the molecule is CCOC(=O)C1=C(C)N=c2s/c(=C/c3cccc(Oc4ccc([N+](=O)[O-])cc4[N+](=O)[O-])c3)c(=O)n2[C@H]1c1ccc(OC)c(OCC)c1. The van der Waals surface area contributed by atoms with E-state index in [4.69, 9.17) is 18.9 Å². The van der Waals surface area contributed by atoms with Crippen molar-refractivity contribution in [3.63, 3.8) is 0 Å². The smallest absolute Gasteiger partial charge is 0.338 e. The number of nitrogens with zero attached hydrogens (tertiary/aromatic N) is 4. The predicted octanol–water partition coefficient (Wildman–Crippen LogP) is 4.81. The summed E-state index contributed by atoms with van der Waals surface area (Å²) in [6, 6.07) is 13.8. The molecular formula is C32H28N4O10S. The molecule has 1 aliphatic rings. The van der Waals surface area contributed by atoms with E-state index in [1.807, 2.05) is 6.92 Å². The summed E-state index contributed by atoms with van der Waals surface area (Å²) in [4.78, 5) is 53.4. The lowest BCUT2D eigenvalue weighted by Gasteiger charge is -2.25. The van der Waals surface area contributed by atoms with Gasteiger partial charge in [0, 0.05) is 6.07 Å². The maximum Gasteiger partial charge on any atom is 0.338 e. The topological polar surface area (TPSA) is 175 Å². The van der Waals surface area contributed by atoms with Crippen LogP contribution < -0.4 is 29.1 Å². The molecule has 0 spiro atoms. The molecule has 2 heterocycles. The van der Waals surface area contributed by atoms with Gasteiger partial charge in [0.1, 0.15) is 5.75 Å². The number of ether oxygens (including phenoxy) is 4. The van der Waals surface area contributed by atoms with E-state index in [2.05, 4.69) is 4.99 Å². The van der Waals surface area contributed by atoms with E-state index in [9.17, 15) is 29.8 Å². The Hall–Kier alpha value is -5.83. The Balaban J connectivity index is 1.60. The summed E-state index contributed by atoms with van der Waals surface area (Å²) >= 11 is 1.12. The van der Waals surface area contributed by atoms with Crippen LogP contribution in [0.4, 0.5) is 11.4 Å². The van der Waals surface area contributed by atoms with Crippen LogP contribution in [-0.2, 0) is 9.53 Å². The fourth-order valence-electron chi connectivity index (χ4n) is 5.03. The zero-order chi connectivity index (χ0) is 33.8. The number of carbonyl (C=O) groups is 1. The number of non-ortho nitro benzene ring substituents is 1. The number of carbonyl (C=O) groups excluding carboxylic acids is 1. The van der Waals surface area contributed by atoms with Gasteiger partial charge in [-0.3, -0.25) is 29.6 Å². The van der Waals surface area contributed by atoms with Crippen molar-refractivity contribution >= 4 is 34.8 Å². The van der Waals surface area contributed by atoms with Gasteiger partial charge in [-0.15, -0.1) is 0 Å². The largest absolute Gasteiger partial charge is 0.493 e. The second kappa shape index (κ2) is 13.7. The van der Waals surface area contributed by atoms with Crippen LogP contribution in [0.1, 0.15) is 37.9 Å². The normalized spacial score (nSPS) is 14.2. The van der Waals surface area contributed by atoms with Crippen molar-refractivity contribution in [2.45, 2.75) is 26.8 Å². The van der Waals surface area contributed by atoms with Gasteiger partial charge in [-0.1, -0.05) is 29.5 Å². The van der Waals surface area contributed by atoms with Gasteiger partial charge in [0.05, 0.1) is 58.1 Å². The Labute approximate surface area is 270 Å². The number of hydrogen-bond donors (Lipinski definition) is 0. The molecule has 0 aliphatic carbocycles. The first-order valence-electron chi connectivity index (χ1n) is 14.3. The Morgan fingerprint density at radius 3 is 2.45 bits per heavy atom. The maximum atomic E-state index is 14.0. The summed E-state index contributed by atoms with van der Waals surface area (Å²) in [5, 5.41) is 22.7. The number of fused-ring (bicyclic) bond motifs is 1. The van der Waals surface area contributed by atoms with E-state index in [0.717, 1.165) is 29.5 Å². The average Bonchev–Trinajstić information content (AvgIpc) is 3.34. The van der Waals surface area contributed by atoms with Crippen LogP contribution in [0.15, 0.2) is 81.7 Å². The van der Waals surface area contributed by atoms with Crippen molar-refractivity contribution in [2.75, 3.05) is 20.3 Å². The second-order valence-electron chi connectivity index (χ2n) is 9.99. The molecule has 5 rings (SSSR count). The molecule has 0 saturated carbocycles. The van der Waals surface area contributed by atoms with Crippen molar-refractivity contribution in [1.29, 1.82) is 0 Å². The van der Waals surface area contributed by atoms with Gasteiger partial charge in [-0.2, -0.15) is 0 Å². The zero-order valence-electron chi connectivity index (χ0n) is 25.6. The first-order valence-corrected chi connectivity index (χ1v) is 15.1. The number of methoxy groups -OCH3 is 1. The Morgan fingerprint density at radius 1 is 1.00 bits per heavy atom. The summed E-state index contributed by atoms with van der Waals surface area (Å²) in [5.41, 5.74) is 0.277. The molecule has 1 aliphatic heterocycles. The summed E-state index contributed by atoms with van der Waals surface area (Å²) < 4.78 is 24.0. The molecule has 3 aromatic carbocycles. The third-order valence-electron chi connectivity index (χ3n) is 7.05. The molecule has 0 saturated heterocycles. The molecule has 4 aromatic rings. The molecule has 1 atom stereocenters. The van der Waals surface area contributed by atoms with Crippen LogP contribution in [0.3, 0.4) is 0 Å². The van der Waals surface area contributed by atoms with Gasteiger partial charge in [-0.05, 0) is 68.3 Å². The molecule has 0 radical (unpaired) electrons. The summed E-state index contributed by atoms with van der Waals surface area (Å²) in [7, 11) is 1.52. The van der Waals surface area contributed by atoms with Crippen LogP contribution in [0.5, 0.6) is 23.0 Å². The van der Waals surface area contributed by atoms with Crippen LogP contribution in [0.25, 0.3) is 6.08 Å². The van der Waals surface area contributed by atoms with Gasteiger partial charge < -0.3 is 18.9 Å². The monoisotopic (exact) mass is 660 g/mol. The van der Waals surface area contributed by atoms with Gasteiger partial charge in [-0.25, -0.2) is 9.79 Å². The Bertz CT molecular complexity index is 2120. The van der Waals surface area contributed by atoms with E-state index < -0.39 is 38.8 Å². The number of thiazole rings is 1. The fraction of sp³-hybridized carbons (Fsp3) is 0.219. The average molecular weight is 661 g/mol. The lowest BCUT2D eigenvalue weighted by Crippen LogP contribution is -2.40. The predicted molar refractivity (Wildman–Crippen MR) is 171 cm³/mol. The van der Waals surface area contributed by atoms with Gasteiger partial charge in [0.25, 0.3) is 11.2 Å². The maximum absolute atomic E-state index is 14.0. The molecule has 242 valence electrons. The van der Waals surface area contributed by atoms with Gasteiger partial charge >= 0.3 is 11.7 Å². The van der Waals surface area contributed by atoms with Crippen molar-refractivity contribution < 1.29 is 33.6 Å². The van der Waals surface area contributed by atoms with Crippen LogP contribution in [0, 0.1) is 20.2 Å². The number of hydrogen-bond acceptors (Lipinski definition) is 12. The van der Waals surface area contributed by atoms with E-state index in [-0.39, 0.29) is 23.7 Å². The Morgan fingerprint density at radius 2 is 1.77 bits per heavy atom. The molecule has 0 N–H and O–H groups in total. The minimum Gasteiger partial charge on any atom is -0.493 e. The van der Waals surface area contributed by atoms with Crippen LogP contribution in [-0.4, -0.2) is 40.7 Å². The van der Waals surface area contributed by atoms with Crippen LogP contribution >= 0.6 is 11.3 Å². The Kier molecular flexibility index (Phi) is 9.46. The zero-order valence-corrected chi connectivity index (χ0v) is 26.4. The van der Waals surface area contributed by atoms with Crippen molar-refractivity contribution in [1.82, 2.24) is 4.57 Å². The number of esters is 1. The highest BCUT2D eigenvalue weighted by Crippen LogP contribution is 2.37. The summed E-state index contributed by atoms with van der Waals surface area (Å²) in [5.74, 6) is 0.334. The van der Waals surface area contributed by atoms with E-state index in [0.29, 0.717) is 44.3 Å². The third-order valence-corrected chi connectivity index (χ3v) is 8.04. The lowest BCUT2D eigenvalue weighted by atomic mass is 9.95. The lowest BCUT2D eigenvalue weighted by molar-refractivity contribution is -0.394. The highest BCUT2D eigenvalue weighted by molar-refractivity contribution is 7.07. The number of nitro benzene ring substituents is 2. The molecule has 1 aromatic heterocycles. The molecule has 0 bridgehead atoms. The molecule has 0 fully saturated rings. The molecule has 0 amide bonds. The van der Waals surface area contributed by atoms with E-state index >= 15 is 0 Å². The molecule has 0 unspecified atom stereocenters. The fourth-order valence-corrected chi connectivity index (χ4v) is 6.08. The van der Waals surface area contributed by atoms with Gasteiger partial charge in [0.15, 0.2) is 16.3 Å². The number of benzene rings is 3. The first-order chi connectivity index (χ1) is 22.6.